The standard InChI is InChI=1S/C44H51N4O5.Mg/c1-10-28-19-29-20-32-26(7)31(15-16-37(49)53-18-17-24(5)14-12-13-23(3)4)41(47-32)39-40(44(51)52-9)43(50)38-27(8)34(48-42(38)39)22-36-30(11-2)25(6)33(46-36)21-35(28)45-29;/h10,17,19-23,26,31,40H,1,11-16,18H2,2-9H3,(H-,47,48,50);/q-3;+2/p-1/b24-17+,32-20-,33-21-,36-22-;/t26-,31-,40+;/m0./s1. The zero-order valence-electron chi connectivity index (χ0n) is 33.0. The molecule has 0 N–H and O–H groups in total. The van der Waals surface area contributed by atoms with Crippen molar-refractivity contribution in [1.29, 1.82) is 0 Å². The van der Waals surface area contributed by atoms with Gasteiger partial charge < -0.3 is 29.7 Å². The number of esters is 2. The van der Waals surface area contributed by atoms with E-state index in [9.17, 15) is 14.4 Å². The third-order valence-electron chi connectivity index (χ3n) is 11.0. The predicted octanol–water partition coefficient (Wildman–Crippen LogP) is 6.44. The molecule has 0 aromatic carbocycles. The van der Waals surface area contributed by atoms with Crippen LogP contribution >= 0.6 is 0 Å². The molecular weight excluding hydrogens is 689 g/mol. The van der Waals surface area contributed by atoms with E-state index < -0.39 is 11.9 Å². The van der Waals surface area contributed by atoms with Crippen molar-refractivity contribution in [1.82, 2.24) is 15.0 Å². The van der Waals surface area contributed by atoms with Gasteiger partial charge in [0.1, 0.15) is 12.5 Å². The van der Waals surface area contributed by atoms with Crippen molar-refractivity contribution >= 4 is 70.7 Å². The summed E-state index contributed by atoms with van der Waals surface area (Å²) < 4.78 is 10.9. The molecule has 0 amide bonds. The van der Waals surface area contributed by atoms with Crippen molar-refractivity contribution < 1.29 is 23.9 Å². The van der Waals surface area contributed by atoms with Gasteiger partial charge in [-0.05, 0) is 75.8 Å². The molecule has 3 aromatic rings. The molecule has 54 heavy (non-hydrogen) atoms. The smallest absolute Gasteiger partial charge is 0.664 e. The van der Waals surface area contributed by atoms with E-state index in [0.717, 1.165) is 64.5 Å². The van der Waals surface area contributed by atoms with E-state index in [1.165, 1.54) is 12.7 Å². The maximum absolute atomic E-state index is 14.2. The van der Waals surface area contributed by atoms with Gasteiger partial charge in [-0.2, -0.15) is 11.4 Å². The molecule has 1 fully saturated rings. The number of Topliss-reactive ketones (excluding diaryl/α,β-unsaturated/α-hetero) is 1. The minimum absolute atomic E-state index is 0. The molecule has 8 bridgehead atoms. The van der Waals surface area contributed by atoms with Gasteiger partial charge in [-0.15, -0.1) is 33.5 Å². The van der Waals surface area contributed by atoms with E-state index in [2.05, 4.69) is 48.1 Å². The molecule has 0 saturated carbocycles. The summed E-state index contributed by atoms with van der Waals surface area (Å²) in [5, 5.41) is 6.74. The van der Waals surface area contributed by atoms with Crippen LogP contribution in [-0.4, -0.2) is 54.5 Å². The number of fused-ring (bicyclic) bond motifs is 7. The molecule has 5 heterocycles. The van der Waals surface area contributed by atoms with Crippen LogP contribution in [0.4, 0.5) is 0 Å². The molecule has 1 saturated heterocycles. The Hall–Kier alpha value is -4.28. The van der Waals surface area contributed by atoms with Crippen LogP contribution in [0.2, 0.25) is 0 Å². The Morgan fingerprint density at radius 1 is 1.02 bits per heavy atom. The number of hydrogen-bond acceptors (Lipinski definition) is 5. The topological polar surface area (TPSA) is 126 Å². The van der Waals surface area contributed by atoms with Crippen molar-refractivity contribution in [2.75, 3.05) is 13.7 Å². The fraction of sp³-hybridized carbons (Fsp3) is 0.432. The van der Waals surface area contributed by atoms with E-state index in [-0.39, 0.29) is 59.7 Å². The second-order valence-electron chi connectivity index (χ2n) is 15.0. The second-order valence-corrected chi connectivity index (χ2v) is 15.0. The van der Waals surface area contributed by atoms with Crippen molar-refractivity contribution in [3.05, 3.63) is 102 Å². The summed E-state index contributed by atoms with van der Waals surface area (Å²) >= 11 is 0. The Labute approximate surface area is 334 Å². The summed E-state index contributed by atoms with van der Waals surface area (Å²) in [4.78, 5) is 55.8. The van der Waals surface area contributed by atoms with E-state index >= 15 is 0 Å². The SMILES string of the molecule is C=Cc1cc2[n-]c1/C=c1\[n-]/c(c(CC)c1C)=C\c1[n-]c3c(c1C)C(=O)[C@H](C(=O)OC)/C3=C1/[N-]/C(=C\2)[C@@H](C)[C@@H]1CCC(=O)OC/C=C(\C)CCCC(C)C.[Mg+2]. The average molecular weight is 739 g/mol. The maximum atomic E-state index is 14.2. The van der Waals surface area contributed by atoms with Gasteiger partial charge >= 0.3 is 35.0 Å². The van der Waals surface area contributed by atoms with Gasteiger partial charge in [0.05, 0.1) is 7.11 Å². The maximum Gasteiger partial charge on any atom is 2.00 e. The molecule has 3 atom stereocenters. The summed E-state index contributed by atoms with van der Waals surface area (Å²) in [6, 6.07) is 1.97. The molecule has 3 aromatic heterocycles. The van der Waals surface area contributed by atoms with Gasteiger partial charge in [0.15, 0.2) is 5.78 Å². The number of hydrogen-bond donors (Lipinski definition) is 0. The van der Waals surface area contributed by atoms with Gasteiger partial charge in [0.2, 0.25) is 0 Å². The van der Waals surface area contributed by atoms with Gasteiger partial charge in [-0.25, -0.2) is 0 Å². The summed E-state index contributed by atoms with van der Waals surface area (Å²) in [5.74, 6) is -2.37. The largest absolute Gasteiger partial charge is 2.00 e. The number of ketones is 1. The normalized spacial score (nSPS) is 22.4. The van der Waals surface area contributed by atoms with Crippen LogP contribution in [0.5, 0.6) is 0 Å². The van der Waals surface area contributed by atoms with Gasteiger partial charge in [-0.1, -0.05) is 98.9 Å². The fourth-order valence-corrected chi connectivity index (χ4v) is 7.88. The van der Waals surface area contributed by atoms with E-state index in [4.69, 9.17) is 29.7 Å². The minimum atomic E-state index is -1.21. The van der Waals surface area contributed by atoms with Crippen LogP contribution in [0.25, 0.3) is 35.2 Å². The zero-order valence-corrected chi connectivity index (χ0v) is 34.4. The zero-order chi connectivity index (χ0) is 38.1. The van der Waals surface area contributed by atoms with Crippen LogP contribution in [0.3, 0.4) is 0 Å². The summed E-state index contributed by atoms with van der Waals surface area (Å²) in [6.07, 6.45) is 14.2. The molecule has 3 aliphatic rings. The number of carbonyl (C=O) groups excluding carboxylic acids is 3. The number of nitrogens with zero attached hydrogens (tertiary/aromatic N) is 4. The molecule has 10 heteroatoms. The Morgan fingerprint density at radius 2 is 1.76 bits per heavy atom. The van der Waals surface area contributed by atoms with Crippen molar-refractivity contribution in [3.63, 3.8) is 0 Å². The third kappa shape index (κ3) is 7.91. The number of carbonyl (C=O) groups is 3. The summed E-state index contributed by atoms with van der Waals surface area (Å²) in [7, 11) is 1.28. The molecule has 280 valence electrons. The van der Waals surface area contributed by atoms with E-state index in [0.29, 0.717) is 51.8 Å². The van der Waals surface area contributed by atoms with Crippen LogP contribution in [0.15, 0.2) is 35.7 Å². The molecular formula is C44H50MgN4O5-2. The van der Waals surface area contributed by atoms with E-state index in [1.807, 2.05) is 37.3 Å². The molecule has 1 aliphatic carbocycles. The number of rotatable bonds is 12. The van der Waals surface area contributed by atoms with Gasteiger partial charge in [0.25, 0.3) is 0 Å². The molecule has 6 rings (SSSR count). The van der Waals surface area contributed by atoms with Crippen molar-refractivity contribution in [2.24, 2.45) is 23.7 Å². The quantitative estimate of drug-likeness (QED) is 0.0900. The Balaban J connectivity index is 0.00000561. The third-order valence-corrected chi connectivity index (χ3v) is 11.0. The van der Waals surface area contributed by atoms with Crippen molar-refractivity contribution in [2.45, 2.75) is 87.0 Å². The van der Waals surface area contributed by atoms with Gasteiger partial charge in [0, 0.05) is 12.0 Å². The van der Waals surface area contributed by atoms with Crippen LogP contribution < -0.4 is 25.7 Å². The molecule has 0 unspecified atom stereocenters. The first-order chi connectivity index (χ1) is 25.4. The number of methoxy groups -OCH3 is 1. The Bertz CT molecular complexity index is 2190. The second kappa shape index (κ2) is 17.0. The monoisotopic (exact) mass is 738 g/mol. The van der Waals surface area contributed by atoms with Crippen LogP contribution in [0, 0.1) is 37.5 Å². The average Bonchev–Trinajstić information content (AvgIpc) is 3.89. The van der Waals surface area contributed by atoms with Crippen molar-refractivity contribution in [3.8, 4) is 0 Å². The van der Waals surface area contributed by atoms with E-state index in [1.54, 1.807) is 6.08 Å². The minimum Gasteiger partial charge on any atom is -0.664 e. The fourth-order valence-electron chi connectivity index (χ4n) is 7.88. The van der Waals surface area contributed by atoms with Gasteiger partial charge in [-0.3, -0.25) is 14.4 Å². The summed E-state index contributed by atoms with van der Waals surface area (Å²) in [6.45, 7) is 18.8. The molecule has 0 spiro atoms. The summed E-state index contributed by atoms with van der Waals surface area (Å²) in [5.41, 5.74) is 9.55. The van der Waals surface area contributed by atoms with Crippen LogP contribution in [0.1, 0.15) is 122 Å². The molecule has 9 nitrogen and oxygen atoms in total. The Kier molecular flexibility index (Phi) is 12.9. The first kappa shape index (κ1) is 40.9. The predicted molar refractivity (Wildman–Crippen MR) is 214 cm³/mol. The number of ether oxygens (including phenoxy) is 2. The first-order valence-corrected chi connectivity index (χ1v) is 18.8. The first-order valence-electron chi connectivity index (χ1n) is 18.8. The molecule has 0 radical (unpaired) electrons. The Morgan fingerprint density at radius 3 is 2.44 bits per heavy atom. The number of allylic oxidation sites excluding steroid dienone is 3. The number of aromatic nitrogens is 3. The van der Waals surface area contributed by atoms with Crippen LogP contribution in [-0.2, 0) is 25.5 Å². The molecule has 2 aliphatic heterocycles.